The van der Waals surface area contributed by atoms with Crippen LogP contribution in [0.15, 0.2) is 21.9 Å². The fraction of sp³-hybridized carbons (Fsp3) is 0.538. The normalized spacial score (nSPS) is 19.1. The largest absolute Gasteiger partial charge is 0.327 e. The van der Waals surface area contributed by atoms with Gasteiger partial charge in [0.05, 0.1) is 5.02 Å². The van der Waals surface area contributed by atoms with E-state index in [1.165, 1.54) is 28.2 Å². The second-order valence-electron chi connectivity index (χ2n) is 4.64. The Labute approximate surface area is 117 Å². The molecule has 1 aromatic carbocycles. The van der Waals surface area contributed by atoms with E-state index in [1.54, 1.807) is 23.5 Å². The minimum atomic E-state index is 0.186. The van der Waals surface area contributed by atoms with Gasteiger partial charge < -0.3 is 5.73 Å². The molecular formula is C13H18ClNS2. The van der Waals surface area contributed by atoms with Crippen molar-refractivity contribution in [3.05, 3.63) is 22.7 Å². The third kappa shape index (κ3) is 2.35. The van der Waals surface area contributed by atoms with E-state index in [1.807, 2.05) is 0 Å². The zero-order valence-electron chi connectivity index (χ0n) is 10.4. The molecule has 1 unspecified atom stereocenters. The second kappa shape index (κ2) is 5.04. The average Bonchev–Trinajstić information content (AvgIpc) is 3.08. The highest BCUT2D eigenvalue weighted by Gasteiger charge is 2.47. The van der Waals surface area contributed by atoms with Gasteiger partial charge in [0.15, 0.2) is 0 Å². The van der Waals surface area contributed by atoms with Gasteiger partial charge in [-0.15, -0.1) is 23.5 Å². The molecule has 1 aliphatic rings. The number of thioether (sulfide) groups is 2. The maximum absolute atomic E-state index is 6.38. The summed E-state index contributed by atoms with van der Waals surface area (Å²) in [6, 6.07) is 4.59. The van der Waals surface area contributed by atoms with E-state index in [4.69, 9.17) is 17.3 Å². The number of benzene rings is 1. The van der Waals surface area contributed by atoms with E-state index in [9.17, 15) is 0 Å². The number of hydrogen-bond donors (Lipinski definition) is 1. The fourth-order valence-electron chi connectivity index (χ4n) is 2.35. The summed E-state index contributed by atoms with van der Waals surface area (Å²) in [6.07, 6.45) is 6.54. The molecule has 1 saturated carbocycles. The summed E-state index contributed by atoms with van der Waals surface area (Å²) in [4.78, 5) is 2.45. The molecule has 0 aliphatic heterocycles. The molecule has 2 rings (SSSR count). The van der Waals surface area contributed by atoms with Crippen molar-refractivity contribution in [3.63, 3.8) is 0 Å². The topological polar surface area (TPSA) is 26.0 Å². The highest BCUT2D eigenvalue weighted by Crippen LogP contribution is 2.52. The van der Waals surface area contributed by atoms with Gasteiger partial charge >= 0.3 is 0 Å². The summed E-state index contributed by atoms with van der Waals surface area (Å²) in [5.74, 6) is 0. The smallest absolute Gasteiger partial charge is 0.0556 e. The minimum absolute atomic E-state index is 0.186. The van der Waals surface area contributed by atoms with Gasteiger partial charge in [0.2, 0.25) is 0 Å². The number of hydrogen-bond acceptors (Lipinski definition) is 3. The lowest BCUT2D eigenvalue weighted by Gasteiger charge is -2.22. The van der Waals surface area contributed by atoms with Gasteiger partial charge in [0.1, 0.15) is 0 Å². The fourth-order valence-corrected chi connectivity index (χ4v) is 4.41. The van der Waals surface area contributed by atoms with E-state index in [-0.39, 0.29) is 11.5 Å². The van der Waals surface area contributed by atoms with Gasteiger partial charge in [-0.2, -0.15) is 0 Å². The van der Waals surface area contributed by atoms with Crippen LogP contribution < -0.4 is 5.73 Å². The second-order valence-corrected chi connectivity index (χ2v) is 6.71. The summed E-state index contributed by atoms with van der Waals surface area (Å²) in [7, 11) is 0. The van der Waals surface area contributed by atoms with Crippen LogP contribution in [0.5, 0.6) is 0 Å². The molecule has 2 N–H and O–H groups in total. The van der Waals surface area contributed by atoms with E-state index < -0.39 is 0 Å². The van der Waals surface area contributed by atoms with Crippen LogP contribution in [0.2, 0.25) is 5.02 Å². The van der Waals surface area contributed by atoms with E-state index in [2.05, 4.69) is 31.6 Å². The van der Waals surface area contributed by atoms with Crippen molar-refractivity contribution in [1.29, 1.82) is 0 Å². The van der Waals surface area contributed by atoms with Crippen molar-refractivity contribution >= 4 is 35.1 Å². The summed E-state index contributed by atoms with van der Waals surface area (Å²) < 4.78 is 0. The van der Waals surface area contributed by atoms with Gasteiger partial charge in [-0.25, -0.2) is 0 Å². The van der Waals surface area contributed by atoms with Crippen LogP contribution >= 0.6 is 35.1 Å². The summed E-state index contributed by atoms with van der Waals surface area (Å²) in [6.45, 7) is 2.10. The Kier molecular flexibility index (Phi) is 4.03. The lowest BCUT2D eigenvalue weighted by molar-refractivity contribution is 0.555. The molecule has 0 bridgehead atoms. The van der Waals surface area contributed by atoms with Crippen LogP contribution in [-0.4, -0.2) is 18.6 Å². The highest BCUT2D eigenvalue weighted by molar-refractivity contribution is 8.01. The molecular weight excluding hydrogens is 270 g/mol. The van der Waals surface area contributed by atoms with Crippen LogP contribution in [0.1, 0.15) is 25.3 Å². The molecule has 0 aromatic heterocycles. The summed E-state index contributed by atoms with van der Waals surface area (Å²) in [5, 5.41) is 0.867. The van der Waals surface area contributed by atoms with Gasteiger partial charge in [-0.1, -0.05) is 11.6 Å². The van der Waals surface area contributed by atoms with Gasteiger partial charge in [-0.3, -0.25) is 0 Å². The molecule has 1 fully saturated rings. The van der Waals surface area contributed by atoms with Crippen molar-refractivity contribution in [2.45, 2.75) is 41.0 Å². The maximum Gasteiger partial charge on any atom is 0.0556 e. The molecule has 0 amide bonds. The average molecular weight is 288 g/mol. The van der Waals surface area contributed by atoms with Crippen molar-refractivity contribution in [2.24, 2.45) is 5.73 Å². The van der Waals surface area contributed by atoms with Crippen molar-refractivity contribution < 1.29 is 0 Å². The summed E-state index contributed by atoms with van der Waals surface area (Å²) in [5.41, 5.74) is 7.63. The molecule has 0 radical (unpaired) electrons. The Morgan fingerprint density at radius 2 is 1.94 bits per heavy atom. The molecule has 4 heteroatoms. The Bertz CT molecular complexity index is 428. The van der Waals surface area contributed by atoms with Crippen LogP contribution in [-0.2, 0) is 5.41 Å². The SMILES string of the molecule is CSc1cc(C2(C(C)N)CC2)cc(Cl)c1SC. The predicted octanol–water partition coefficient (Wildman–Crippen LogP) is 4.16. The monoisotopic (exact) mass is 287 g/mol. The van der Waals surface area contributed by atoms with Gasteiger partial charge in [0, 0.05) is 21.2 Å². The maximum atomic E-state index is 6.38. The third-order valence-corrected chi connectivity index (χ3v) is 5.82. The lowest BCUT2D eigenvalue weighted by Crippen LogP contribution is -2.31. The quantitative estimate of drug-likeness (QED) is 0.842. The van der Waals surface area contributed by atoms with Crippen LogP contribution in [0.3, 0.4) is 0 Å². The minimum Gasteiger partial charge on any atom is -0.327 e. The van der Waals surface area contributed by atoms with E-state index >= 15 is 0 Å². The molecule has 1 atom stereocenters. The first kappa shape index (κ1) is 13.6. The standard InChI is InChI=1S/C13H18ClNS2/c1-8(15)13(4-5-13)9-6-10(14)12(17-3)11(7-9)16-2/h6-8H,4-5,15H2,1-3H3. The van der Waals surface area contributed by atoms with Crippen LogP contribution in [0, 0.1) is 0 Å². The molecule has 0 saturated heterocycles. The highest BCUT2D eigenvalue weighted by atomic mass is 35.5. The van der Waals surface area contributed by atoms with Crippen LogP contribution in [0.25, 0.3) is 0 Å². The van der Waals surface area contributed by atoms with Crippen molar-refractivity contribution in [2.75, 3.05) is 12.5 Å². The Balaban J connectivity index is 2.47. The number of nitrogens with two attached hydrogens (primary N) is 1. The molecule has 1 aromatic rings. The lowest BCUT2D eigenvalue weighted by atomic mass is 9.89. The zero-order valence-corrected chi connectivity index (χ0v) is 12.8. The predicted molar refractivity (Wildman–Crippen MR) is 79.6 cm³/mol. The van der Waals surface area contributed by atoms with Gasteiger partial charge in [0.25, 0.3) is 0 Å². The molecule has 94 valence electrons. The van der Waals surface area contributed by atoms with Crippen molar-refractivity contribution in [3.8, 4) is 0 Å². The Morgan fingerprint density at radius 1 is 1.29 bits per heavy atom. The zero-order chi connectivity index (χ0) is 12.6. The first-order valence-corrected chi connectivity index (χ1v) is 8.55. The first-order valence-electron chi connectivity index (χ1n) is 5.72. The van der Waals surface area contributed by atoms with E-state index in [0.717, 1.165) is 5.02 Å². The molecule has 1 aliphatic carbocycles. The van der Waals surface area contributed by atoms with Gasteiger partial charge in [-0.05, 0) is 50.0 Å². The van der Waals surface area contributed by atoms with E-state index in [0.29, 0.717) is 0 Å². The first-order chi connectivity index (χ1) is 8.05. The molecule has 0 heterocycles. The third-order valence-electron chi connectivity index (χ3n) is 3.67. The molecule has 1 nitrogen and oxygen atoms in total. The summed E-state index contributed by atoms with van der Waals surface area (Å²) >= 11 is 9.85. The Hall–Kier alpha value is 0.170. The molecule has 0 spiro atoms. The van der Waals surface area contributed by atoms with Crippen molar-refractivity contribution in [1.82, 2.24) is 0 Å². The number of halogens is 1. The molecule has 17 heavy (non-hydrogen) atoms. The number of rotatable bonds is 4. The van der Waals surface area contributed by atoms with Crippen LogP contribution in [0.4, 0.5) is 0 Å². The Morgan fingerprint density at radius 3 is 2.35 bits per heavy atom.